The number of nitro benzene ring substituents is 1. The van der Waals surface area contributed by atoms with Crippen molar-refractivity contribution in [1.82, 2.24) is 0 Å². The second kappa shape index (κ2) is 5.71. The van der Waals surface area contributed by atoms with Crippen LogP contribution in [0.2, 0.25) is 0 Å². The Bertz CT molecular complexity index is 560. The highest BCUT2D eigenvalue weighted by Crippen LogP contribution is 2.36. The van der Waals surface area contributed by atoms with Crippen molar-refractivity contribution in [2.75, 3.05) is 18.0 Å². The summed E-state index contributed by atoms with van der Waals surface area (Å²) in [5.74, 6) is -1.44. The van der Waals surface area contributed by atoms with Crippen molar-refractivity contribution in [3.63, 3.8) is 0 Å². The Balaban J connectivity index is 2.29. The zero-order valence-corrected chi connectivity index (χ0v) is 11.0. The largest absolute Gasteiger partial charge is 0.393 e. The molecule has 21 heavy (non-hydrogen) atoms. The smallest absolute Gasteiger partial charge is 0.370 e. The number of nitrogens with zero attached hydrogens (tertiary/aromatic N) is 2. The van der Waals surface area contributed by atoms with Gasteiger partial charge in [-0.3, -0.25) is 14.9 Å². The van der Waals surface area contributed by atoms with E-state index < -0.39 is 17.0 Å². The molecule has 0 N–H and O–H groups in total. The minimum Gasteiger partial charge on any atom is -0.370 e. The van der Waals surface area contributed by atoms with E-state index in [1.54, 1.807) is 0 Å². The van der Waals surface area contributed by atoms with Crippen molar-refractivity contribution in [3.05, 3.63) is 33.9 Å². The standard InChI is InChI=1S/C13H13F3N2O3/c14-13(15,16)10-2-1-5-17(7-10)12-4-3-11(18(20)21)6-9(12)8-19/h3-4,6,8,10H,1-2,5,7H2. The summed E-state index contributed by atoms with van der Waals surface area (Å²) in [6.45, 7) is 0.160. The van der Waals surface area contributed by atoms with Crippen molar-refractivity contribution in [2.24, 2.45) is 5.92 Å². The molecule has 1 unspecified atom stereocenters. The maximum Gasteiger partial charge on any atom is 0.393 e. The minimum absolute atomic E-state index is 0.0343. The molecule has 1 aliphatic heterocycles. The fraction of sp³-hybridized carbons (Fsp3) is 0.462. The molecule has 0 bridgehead atoms. The van der Waals surface area contributed by atoms with Gasteiger partial charge in [-0.15, -0.1) is 0 Å². The van der Waals surface area contributed by atoms with Gasteiger partial charge >= 0.3 is 6.18 Å². The quantitative estimate of drug-likeness (QED) is 0.488. The van der Waals surface area contributed by atoms with Crippen LogP contribution in [0.15, 0.2) is 18.2 Å². The van der Waals surface area contributed by atoms with Crippen LogP contribution in [0, 0.1) is 16.0 Å². The molecule has 0 aliphatic carbocycles. The zero-order chi connectivity index (χ0) is 15.6. The number of halogens is 3. The summed E-state index contributed by atoms with van der Waals surface area (Å²) in [6, 6.07) is 3.61. The number of anilines is 1. The van der Waals surface area contributed by atoms with E-state index in [9.17, 15) is 28.1 Å². The number of nitro groups is 1. The number of hydrogen-bond acceptors (Lipinski definition) is 4. The highest BCUT2D eigenvalue weighted by atomic mass is 19.4. The van der Waals surface area contributed by atoms with Crippen LogP contribution in [-0.2, 0) is 0 Å². The summed E-state index contributed by atoms with van der Waals surface area (Å²) in [5, 5.41) is 10.7. The third kappa shape index (κ3) is 3.32. The van der Waals surface area contributed by atoms with Crippen LogP contribution >= 0.6 is 0 Å². The fourth-order valence-electron chi connectivity index (χ4n) is 2.50. The average molecular weight is 302 g/mol. The molecule has 8 heteroatoms. The van der Waals surface area contributed by atoms with Crippen LogP contribution in [0.3, 0.4) is 0 Å². The first-order chi connectivity index (χ1) is 9.82. The van der Waals surface area contributed by atoms with E-state index in [-0.39, 0.29) is 24.2 Å². The summed E-state index contributed by atoms with van der Waals surface area (Å²) in [5.41, 5.74) is 0.0850. The van der Waals surface area contributed by atoms with E-state index in [0.29, 0.717) is 24.9 Å². The van der Waals surface area contributed by atoms with Gasteiger partial charge in [-0.25, -0.2) is 0 Å². The number of hydrogen-bond donors (Lipinski definition) is 0. The molecular weight excluding hydrogens is 289 g/mol. The number of rotatable bonds is 3. The van der Waals surface area contributed by atoms with E-state index in [4.69, 9.17) is 0 Å². The SMILES string of the molecule is O=Cc1cc([N+](=O)[O-])ccc1N1CCCC(C(F)(F)F)C1. The molecule has 114 valence electrons. The lowest BCUT2D eigenvalue weighted by Gasteiger charge is -2.35. The van der Waals surface area contributed by atoms with Crippen LogP contribution in [0.5, 0.6) is 0 Å². The molecule has 1 saturated heterocycles. The molecule has 2 rings (SSSR count). The third-order valence-electron chi connectivity index (χ3n) is 3.57. The monoisotopic (exact) mass is 302 g/mol. The van der Waals surface area contributed by atoms with Crippen LogP contribution in [0.4, 0.5) is 24.5 Å². The van der Waals surface area contributed by atoms with Gasteiger partial charge in [-0.2, -0.15) is 13.2 Å². The third-order valence-corrected chi connectivity index (χ3v) is 3.57. The Morgan fingerprint density at radius 1 is 1.38 bits per heavy atom. The Hall–Kier alpha value is -2.12. The summed E-state index contributed by atoms with van der Waals surface area (Å²) in [6.07, 6.45) is -3.43. The van der Waals surface area contributed by atoms with Gasteiger partial charge in [0.1, 0.15) is 0 Å². The summed E-state index contributed by atoms with van der Waals surface area (Å²) in [4.78, 5) is 22.5. The van der Waals surface area contributed by atoms with E-state index in [2.05, 4.69) is 0 Å². The van der Waals surface area contributed by atoms with Gasteiger partial charge in [-0.05, 0) is 18.9 Å². The van der Waals surface area contributed by atoms with Crippen LogP contribution in [0.25, 0.3) is 0 Å². The normalized spacial score (nSPS) is 19.4. The fourth-order valence-corrected chi connectivity index (χ4v) is 2.50. The van der Waals surface area contributed by atoms with Gasteiger partial charge < -0.3 is 4.90 Å². The number of piperidine rings is 1. The second-order valence-corrected chi connectivity index (χ2v) is 4.94. The number of alkyl halides is 3. The van der Waals surface area contributed by atoms with Crippen molar-refractivity contribution in [1.29, 1.82) is 0 Å². The van der Waals surface area contributed by atoms with Crippen molar-refractivity contribution < 1.29 is 22.9 Å². The van der Waals surface area contributed by atoms with Gasteiger partial charge in [-0.1, -0.05) is 0 Å². The molecule has 5 nitrogen and oxygen atoms in total. The second-order valence-electron chi connectivity index (χ2n) is 4.94. The molecular formula is C13H13F3N2O3. The number of non-ortho nitro benzene ring substituents is 1. The molecule has 1 atom stereocenters. The van der Waals surface area contributed by atoms with Gasteiger partial charge in [0.2, 0.25) is 0 Å². The van der Waals surface area contributed by atoms with Crippen molar-refractivity contribution in [2.45, 2.75) is 19.0 Å². The van der Waals surface area contributed by atoms with Gasteiger partial charge in [0.25, 0.3) is 5.69 Å². The van der Waals surface area contributed by atoms with Gasteiger partial charge in [0.05, 0.1) is 10.8 Å². The Morgan fingerprint density at radius 2 is 2.10 bits per heavy atom. The number of carbonyl (C=O) groups excluding carboxylic acids is 1. The number of carbonyl (C=O) groups is 1. The molecule has 1 aliphatic rings. The minimum atomic E-state index is -4.28. The number of benzene rings is 1. The van der Waals surface area contributed by atoms with E-state index >= 15 is 0 Å². The first-order valence-electron chi connectivity index (χ1n) is 6.38. The first-order valence-corrected chi connectivity index (χ1v) is 6.38. The Labute approximate surface area is 118 Å². The Kier molecular flexibility index (Phi) is 4.15. The maximum atomic E-state index is 12.8. The van der Waals surface area contributed by atoms with E-state index in [1.165, 1.54) is 17.0 Å². The van der Waals surface area contributed by atoms with Gasteiger partial charge in [0, 0.05) is 36.5 Å². The van der Waals surface area contributed by atoms with Crippen LogP contribution in [0.1, 0.15) is 23.2 Å². The lowest BCUT2D eigenvalue weighted by molar-refractivity contribution is -0.384. The number of aldehydes is 1. The molecule has 1 aromatic carbocycles. The van der Waals surface area contributed by atoms with Gasteiger partial charge in [0.15, 0.2) is 6.29 Å². The molecule has 0 amide bonds. The van der Waals surface area contributed by atoms with Crippen LogP contribution in [-0.4, -0.2) is 30.5 Å². The average Bonchev–Trinajstić information content (AvgIpc) is 2.45. The summed E-state index contributed by atoms with van der Waals surface area (Å²) < 4.78 is 38.4. The molecule has 0 saturated carbocycles. The van der Waals surface area contributed by atoms with Crippen molar-refractivity contribution in [3.8, 4) is 0 Å². The summed E-state index contributed by atoms with van der Waals surface area (Å²) in [7, 11) is 0. The predicted octanol–water partition coefficient (Wildman–Crippen LogP) is 3.19. The molecule has 0 spiro atoms. The molecule has 1 aromatic rings. The molecule has 1 fully saturated rings. The predicted molar refractivity (Wildman–Crippen MR) is 69.5 cm³/mol. The lowest BCUT2D eigenvalue weighted by atomic mass is 9.96. The zero-order valence-electron chi connectivity index (χ0n) is 11.0. The topological polar surface area (TPSA) is 63.4 Å². The lowest BCUT2D eigenvalue weighted by Crippen LogP contribution is -2.42. The maximum absolute atomic E-state index is 12.8. The van der Waals surface area contributed by atoms with Crippen molar-refractivity contribution >= 4 is 17.7 Å². The highest BCUT2D eigenvalue weighted by Gasteiger charge is 2.42. The molecule has 0 radical (unpaired) electrons. The first kappa shape index (κ1) is 15.3. The Morgan fingerprint density at radius 3 is 2.67 bits per heavy atom. The van der Waals surface area contributed by atoms with E-state index in [1.807, 2.05) is 0 Å². The summed E-state index contributed by atoms with van der Waals surface area (Å²) >= 11 is 0. The highest BCUT2D eigenvalue weighted by molar-refractivity contribution is 5.86. The molecule has 1 heterocycles. The molecule has 0 aromatic heterocycles. The van der Waals surface area contributed by atoms with Crippen LogP contribution < -0.4 is 4.90 Å². The van der Waals surface area contributed by atoms with E-state index in [0.717, 1.165) is 6.07 Å².